The minimum atomic E-state index is -2.87. The molecule has 4 rings (SSSR count). The summed E-state index contributed by atoms with van der Waals surface area (Å²) in [6.07, 6.45) is 2.73. The molecule has 1 unspecified atom stereocenters. The molecule has 0 N–H and O–H groups in total. The number of benzene rings is 2. The highest BCUT2D eigenvalue weighted by Crippen LogP contribution is 2.35. The van der Waals surface area contributed by atoms with Crippen LogP contribution in [0.5, 0.6) is 5.75 Å². The van der Waals surface area contributed by atoms with Crippen molar-refractivity contribution in [3.8, 4) is 17.0 Å². The lowest BCUT2D eigenvalue weighted by molar-refractivity contribution is 0.266. The van der Waals surface area contributed by atoms with Gasteiger partial charge in [0.05, 0.1) is 18.1 Å². The third-order valence-electron chi connectivity index (χ3n) is 4.91. The maximum Gasteiger partial charge on any atom is 0.150 e. The Morgan fingerprint density at radius 2 is 1.88 bits per heavy atom. The molecule has 0 bridgehead atoms. The summed E-state index contributed by atoms with van der Waals surface area (Å²) in [5.41, 5.74) is 2.32. The number of aromatic nitrogens is 1. The van der Waals surface area contributed by atoms with Crippen LogP contribution in [-0.2, 0) is 16.9 Å². The first kappa shape index (κ1) is 16.2. The molecule has 0 spiro atoms. The third kappa shape index (κ3) is 3.16. The lowest BCUT2D eigenvalue weighted by Gasteiger charge is -2.15. The zero-order chi connectivity index (χ0) is 17.4. The zero-order valence-electron chi connectivity index (χ0n) is 14.2. The van der Waals surface area contributed by atoms with E-state index in [2.05, 4.69) is 28.8 Å². The molecule has 3 aromatic rings. The van der Waals surface area contributed by atoms with Crippen LogP contribution in [0.25, 0.3) is 22.0 Å². The summed E-state index contributed by atoms with van der Waals surface area (Å²) in [6, 6.07) is 16.4. The summed E-state index contributed by atoms with van der Waals surface area (Å²) < 4.78 is 31.4. The van der Waals surface area contributed by atoms with Crippen molar-refractivity contribution in [2.75, 3.05) is 18.1 Å². The van der Waals surface area contributed by atoms with E-state index in [0.29, 0.717) is 13.0 Å². The minimum Gasteiger partial charge on any atom is -0.493 e. The van der Waals surface area contributed by atoms with E-state index in [1.807, 2.05) is 37.5 Å². The number of rotatable bonds is 4. The van der Waals surface area contributed by atoms with Crippen LogP contribution in [0.2, 0.25) is 0 Å². The van der Waals surface area contributed by atoms with Gasteiger partial charge in [-0.3, -0.25) is 0 Å². The molecule has 0 aliphatic carbocycles. The lowest BCUT2D eigenvalue weighted by Crippen LogP contribution is -2.13. The highest BCUT2D eigenvalue weighted by molar-refractivity contribution is 7.91. The van der Waals surface area contributed by atoms with E-state index < -0.39 is 9.84 Å². The highest BCUT2D eigenvalue weighted by Gasteiger charge is 2.28. The minimum absolute atomic E-state index is 0.0938. The molecule has 2 heterocycles. The number of nitrogens with zero attached hydrogens (tertiary/aromatic N) is 1. The number of sulfone groups is 1. The van der Waals surface area contributed by atoms with Crippen molar-refractivity contribution < 1.29 is 13.2 Å². The molecule has 25 heavy (non-hydrogen) atoms. The van der Waals surface area contributed by atoms with Crippen molar-refractivity contribution in [1.82, 2.24) is 4.57 Å². The summed E-state index contributed by atoms with van der Waals surface area (Å²) in [5, 5.41) is 2.20. The van der Waals surface area contributed by atoms with Crippen molar-refractivity contribution in [2.24, 2.45) is 13.0 Å². The fraction of sp³-hybridized carbons (Fsp3) is 0.300. The predicted molar refractivity (Wildman–Crippen MR) is 101 cm³/mol. The summed E-state index contributed by atoms with van der Waals surface area (Å²) in [7, 11) is -0.829. The molecule has 0 saturated carbocycles. The average Bonchev–Trinajstić information content (AvgIpc) is 3.17. The molecule has 1 fully saturated rings. The molecule has 5 heteroatoms. The fourth-order valence-electron chi connectivity index (χ4n) is 3.57. The largest absolute Gasteiger partial charge is 0.493 e. The summed E-state index contributed by atoms with van der Waals surface area (Å²) in [6.45, 7) is 0.451. The molecule has 130 valence electrons. The molecule has 1 aliphatic heterocycles. The molecule has 1 aliphatic rings. The molecule has 0 radical (unpaired) electrons. The van der Waals surface area contributed by atoms with Crippen LogP contribution in [0.1, 0.15) is 6.42 Å². The number of fused-ring (bicyclic) bond motifs is 1. The van der Waals surface area contributed by atoms with E-state index in [9.17, 15) is 8.42 Å². The maximum absolute atomic E-state index is 11.6. The molecule has 2 aromatic carbocycles. The van der Waals surface area contributed by atoms with Gasteiger partial charge in [0.25, 0.3) is 0 Å². The number of hydrogen-bond acceptors (Lipinski definition) is 3. The standard InChI is InChI=1S/C20H21NO3S/c1-21-11-4-7-19(21)17-8-9-20(18-6-3-2-5-16(17)18)24-13-15-10-12-25(22,23)14-15/h2-9,11,15H,10,12-14H2,1H3. The van der Waals surface area contributed by atoms with Gasteiger partial charge in [-0.1, -0.05) is 24.3 Å². The molecular formula is C20H21NO3S. The first-order valence-corrected chi connectivity index (χ1v) is 10.3. The maximum atomic E-state index is 11.6. The summed E-state index contributed by atoms with van der Waals surface area (Å²) in [4.78, 5) is 0. The molecule has 0 amide bonds. The number of aryl methyl sites for hydroxylation is 1. The predicted octanol–water partition coefficient (Wildman–Crippen LogP) is 3.66. The van der Waals surface area contributed by atoms with Crippen molar-refractivity contribution >= 4 is 20.6 Å². The summed E-state index contributed by atoms with van der Waals surface area (Å²) in [5.74, 6) is 1.44. The molecule has 1 atom stereocenters. The van der Waals surface area contributed by atoms with Gasteiger partial charge in [-0.2, -0.15) is 0 Å². The van der Waals surface area contributed by atoms with Gasteiger partial charge in [0.1, 0.15) is 5.75 Å². The second-order valence-corrected chi connectivity index (χ2v) is 8.97. The van der Waals surface area contributed by atoms with Crippen LogP contribution in [0.3, 0.4) is 0 Å². The van der Waals surface area contributed by atoms with E-state index in [0.717, 1.165) is 22.2 Å². The SMILES string of the molecule is Cn1cccc1-c1ccc(OCC2CCS(=O)(=O)C2)c2ccccc12. The molecular weight excluding hydrogens is 334 g/mol. The summed E-state index contributed by atoms with van der Waals surface area (Å²) >= 11 is 0. The normalized spacial score (nSPS) is 19.3. The van der Waals surface area contributed by atoms with Gasteiger partial charge in [0.15, 0.2) is 9.84 Å². The topological polar surface area (TPSA) is 48.3 Å². The Kier molecular flexibility index (Phi) is 4.04. The van der Waals surface area contributed by atoms with E-state index in [4.69, 9.17) is 4.74 Å². The van der Waals surface area contributed by atoms with E-state index in [-0.39, 0.29) is 17.4 Å². The first-order chi connectivity index (χ1) is 12.0. The second-order valence-electron chi connectivity index (χ2n) is 6.74. The van der Waals surface area contributed by atoms with Crippen LogP contribution in [-0.4, -0.2) is 31.1 Å². The fourth-order valence-corrected chi connectivity index (χ4v) is 5.41. The van der Waals surface area contributed by atoms with E-state index in [1.54, 1.807) is 0 Å². The van der Waals surface area contributed by atoms with Crippen LogP contribution in [0.4, 0.5) is 0 Å². The van der Waals surface area contributed by atoms with Gasteiger partial charge in [0, 0.05) is 35.8 Å². The van der Waals surface area contributed by atoms with Gasteiger partial charge in [-0.05, 0) is 36.1 Å². The van der Waals surface area contributed by atoms with Crippen molar-refractivity contribution in [3.63, 3.8) is 0 Å². The van der Waals surface area contributed by atoms with Crippen molar-refractivity contribution in [3.05, 3.63) is 54.7 Å². The Balaban J connectivity index is 1.66. The molecule has 4 nitrogen and oxygen atoms in total. The zero-order valence-corrected chi connectivity index (χ0v) is 15.0. The molecule has 1 saturated heterocycles. The van der Waals surface area contributed by atoms with Crippen LogP contribution >= 0.6 is 0 Å². The Labute approximate surface area is 148 Å². The van der Waals surface area contributed by atoms with Gasteiger partial charge < -0.3 is 9.30 Å². The van der Waals surface area contributed by atoms with Crippen LogP contribution in [0, 0.1) is 5.92 Å². The average molecular weight is 355 g/mol. The van der Waals surface area contributed by atoms with Gasteiger partial charge in [-0.25, -0.2) is 8.42 Å². The number of ether oxygens (including phenoxy) is 1. The Bertz CT molecular complexity index is 1020. The van der Waals surface area contributed by atoms with Gasteiger partial charge in [0.2, 0.25) is 0 Å². The Morgan fingerprint density at radius 1 is 1.08 bits per heavy atom. The van der Waals surface area contributed by atoms with Crippen LogP contribution in [0.15, 0.2) is 54.7 Å². The van der Waals surface area contributed by atoms with Gasteiger partial charge >= 0.3 is 0 Å². The smallest absolute Gasteiger partial charge is 0.150 e. The van der Waals surface area contributed by atoms with E-state index >= 15 is 0 Å². The Morgan fingerprint density at radius 3 is 2.56 bits per heavy atom. The monoisotopic (exact) mass is 355 g/mol. The first-order valence-electron chi connectivity index (χ1n) is 8.50. The van der Waals surface area contributed by atoms with Gasteiger partial charge in [-0.15, -0.1) is 0 Å². The van der Waals surface area contributed by atoms with E-state index in [1.165, 1.54) is 5.56 Å². The number of hydrogen-bond donors (Lipinski definition) is 0. The van der Waals surface area contributed by atoms with Crippen molar-refractivity contribution in [1.29, 1.82) is 0 Å². The lowest BCUT2D eigenvalue weighted by atomic mass is 10.0. The second kappa shape index (κ2) is 6.23. The van der Waals surface area contributed by atoms with Crippen LogP contribution < -0.4 is 4.74 Å². The Hall–Kier alpha value is -2.27. The molecule has 1 aromatic heterocycles. The van der Waals surface area contributed by atoms with Crippen molar-refractivity contribution in [2.45, 2.75) is 6.42 Å². The quantitative estimate of drug-likeness (QED) is 0.718. The highest BCUT2D eigenvalue weighted by atomic mass is 32.2. The third-order valence-corrected chi connectivity index (χ3v) is 6.74.